The normalized spacial score (nSPS) is 21.2. The van der Waals surface area contributed by atoms with Crippen molar-refractivity contribution in [3.05, 3.63) is 0 Å². The Bertz CT molecular complexity index is 166. The number of nitrogens with one attached hydrogen (secondary N) is 1. The monoisotopic (exact) mass is 243 g/mol. The second kappa shape index (κ2) is 8.41. The van der Waals surface area contributed by atoms with Crippen molar-refractivity contribution in [2.24, 2.45) is 5.92 Å². The molecular formula is C14H29NS. The highest BCUT2D eigenvalue weighted by Gasteiger charge is 2.19. The van der Waals surface area contributed by atoms with Crippen molar-refractivity contribution in [2.75, 3.05) is 12.3 Å². The first-order valence-corrected chi connectivity index (χ1v) is 8.17. The maximum absolute atomic E-state index is 3.67. The molecule has 0 saturated heterocycles. The van der Waals surface area contributed by atoms with Gasteiger partial charge in [0.25, 0.3) is 0 Å². The van der Waals surface area contributed by atoms with Gasteiger partial charge in [0.15, 0.2) is 0 Å². The van der Waals surface area contributed by atoms with Crippen LogP contribution in [0.2, 0.25) is 0 Å². The Morgan fingerprint density at radius 3 is 2.50 bits per heavy atom. The van der Waals surface area contributed by atoms with Crippen LogP contribution in [-0.4, -0.2) is 23.6 Å². The van der Waals surface area contributed by atoms with Gasteiger partial charge in [0, 0.05) is 11.3 Å². The smallest absolute Gasteiger partial charge is 0.0181 e. The molecule has 2 unspecified atom stereocenters. The first-order valence-electron chi connectivity index (χ1n) is 7.12. The second-order valence-electron chi connectivity index (χ2n) is 5.16. The molecule has 1 saturated carbocycles. The number of hydrogen-bond acceptors (Lipinski definition) is 2. The molecule has 96 valence electrons. The third-order valence-electron chi connectivity index (χ3n) is 3.73. The van der Waals surface area contributed by atoms with E-state index in [0.29, 0.717) is 6.04 Å². The van der Waals surface area contributed by atoms with Crippen LogP contribution in [0.3, 0.4) is 0 Å². The fourth-order valence-corrected chi connectivity index (χ4v) is 3.98. The van der Waals surface area contributed by atoms with E-state index in [4.69, 9.17) is 0 Å². The van der Waals surface area contributed by atoms with Crippen molar-refractivity contribution in [3.63, 3.8) is 0 Å². The van der Waals surface area contributed by atoms with Crippen molar-refractivity contribution < 1.29 is 0 Å². The van der Waals surface area contributed by atoms with Gasteiger partial charge in [0.1, 0.15) is 0 Å². The lowest BCUT2D eigenvalue weighted by atomic mass is 10.1. The van der Waals surface area contributed by atoms with Gasteiger partial charge in [-0.2, -0.15) is 11.8 Å². The third-order valence-corrected chi connectivity index (χ3v) is 5.25. The lowest BCUT2D eigenvalue weighted by Crippen LogP contribution is -2.37. The van der Waals surface area contributed by atoms with Crippen molar-refractivity contribution in [1.82, 2.24) is 5.32 Å². The molecule has 16 heavy (non-hydrogen) atoms. The largest absolute Gasteiger partial charge is 0.313 e. The Labute approximate surface area is 106 Å². The molecule has 0 radical (unpaired) electrons. The Morgan fingerprint density at radius 1 is 1.25 bits per heavy atom. The summed E-state index contributed by atoms with van der Waals surface area (Å²) in [6.07, 6.45) is 8.43. The van der Waals surface area contributed by atoms with Crippen molar-refractivity contribution in [1.29, 1.82) is 0 Å². The quantitative estimate of drug-likeness (QED) is 0.689. The van der Waals surface area contributed by atoms with E-state index in [1.807, 2.05) is 0 Å². The number of rotatable bonds is 8. The molecule has 1 aliphatic carbocycles. The zero-order valence-corrected chi connectivity index (χ0v) is 12.1. The summed E-state index contributed by atoms with van der Waals surface area (Å²) in [6.45, 7) is 8.12. The first-order chi connectivity index (χ1) is 7.77. The Hall–Kier alpha value is 0.310. The van der Waals surface area contributed by atoms with E-state index < -0.39 is 0 Å². The summed E-state index contributed by atoms with van der Waals surface area (Å²) in [4.78, 5) is 0. The van der Waals surface area contributed by atoms with Gasteiger partial charge in [-0.3, -0.25) is 0 Å². The van der Waals surface area contributed by atoms with Crippen molar-refractivity contribution in [2.45, 2.75) is 70.6 Å². The fraction of sp³-hybridized carbons (Fsp3) is 1.00. The van der Waals surface area contributed by atoms with E-state index in [1.54, 1.807) is 0 Å². The molecule has 0 aromatic heterocycles. The van der Waals surface area contributed by atoms with E-state index in [0.717, 1.165) is 11.2 Å². The van der Waals surface area contributed by atoms with Gasteiger partial charge >= 0.3 is 0 Å². The first kappa shape index (κ1) is 14.4. The highest BCUT2D eigenvalue weighted by atomic mass is 32.2. The van der Waals surface area contributed by atoms with Gasteiger partial charge in [0.05, 0.1) is 0 Å². The number of hydrogen-bond donors (Lipinski definition) is 1. The zero-order chi connectivity index (χ0) is 11.8. The third kappa shape index (κ3) is 5.09. The van der Waals surface area contributed by atoms with E-state index in [-0.39, 0.29) is 0 Å². The molecule has 1 fully saturated rings. The maximum Gasteiger partial charge on any atom is 0.0181 e. The van der Waals surface area contributed by atoms with Crippen molar-refractivity contribution in [3.8, 4) is 0 Å². The Kier molecular flexibility index (Phi) is 7.55. The molecule has 1 aliphatic rings. The van der Waals surface area contributed by atoms with E-state index in [2.05, 4.69) is 37.8 Å². The molecule has 2 atom stereocenters. The molecule has 0 aliphatic heterocycles. The topological polar surface area (TPSA) is 12.0 Å². The minimum absolute atomic E-state index is 0.714. The van der Waals surface area contributed by atoms with Crippen molar-refractivity contribution >= 4 is 11.8 Å². The van der Waals surface area contributed by atoms with Gasteiger partial charge in [-0.25, -0.2) is 0 Å². The van der Waals surface area contributed by atoms with Gasteiger partial charge < -0.3 is 5.32 Å². The summed E-state index contributed by atoms with van der Waals surface area (Å²) < 4.78 is 0. The molecular weight excluding hydrogens is 214 g/mol. The molecule has 0 amide bonds. The summed E-state index contributed by atoms with van der Waals surface area (Å²) in [6, 6.07) is 0.714. The molecule has 1 nitrogen and oxygen atoms in total. The lowest BCUT2D eigenvalue weighted by molar-refractivity contribution is 0.492. The predicted octanol–water partition coefficient (Wildman–Crippen LogP) is 4.08. The summed E-state index contributed by atoms with van der Waals surface area (Å²) in [5.74, 6) is 2.42. The summed E-state index contributed by atoms with van der Waals surface area (Å²) >= 11 is 2.19. The minimum Gasteiger partial charge on any atom is -0.313 e. The number of thioether (sulfide) groups is 1. The average Bonchev–Trinajstić information content (AvgIpc) is 2.80. The minimum atomic E-state index is 0.714. The standard InChI is InChI=1S/C14H29NS/c1-4-10-15-14(5-2)12(3)16-11-13-8-6-7-9-13/h12-15H,4-11H2,1-3H3. The molecule has 1 N–H and O–H groups in total. The highest BCUT2D eigenvalue weighted by Crippen LogP contribution is 2.30. The molecule has 0 heterocycles. The molecule has 0 aromatic rings. The van der Waals surface area contributed by atoms with Gasteiger partial charge in [-0.05, 0) is 43.9 Å². The Balaban J connectivity index is 2.17. The average molecular weight is 243 g/mol. The van der Waals surface area contributed by atoms with Crippen LogP contribution >= 0.6 is 11.8 Å². The SMILES string of the molecule is CCCNC(CC)C(C)SCC1CCCC1. The lowest BCUT2D eigenvalue weighted by Gasteiger charge is -2.24. The van der Waals surface area contributed by atoms with Gasteiger partial charge in [-0.1, -0.05) is 33.6 Å². The van der Waals surface area contributed by atoms with Crippen LogP contribution in [-0.2, 0) is 0 Å². The Morgan fingerprint density at radius 2 is 1.94 bits per heavy atom. The zero-order valence-electron chi connectivity index (χ0n) is 11.3. The fourth-order valence-electron chi connectivity index (χ4n) is 2.55. The van der Waals surface area contributed by atoms with Crippen LogP contribution in [0.5, 0.6) is 0 Å². The van der Waals surface area contributed by atoms with E-state index in [9.17, 15) is 0 Å². The summed E-state index contributed by atoms with van der Waals surface area (Å²) in [5, 5.41) is 4.45. The van der Waals surface area contributed by atoms with Crippen LogP contribution in [0, 0.1) is 5.92 Å². The van der Waals surface area contributed by atoms with Gasteiger partial charge in [0.2, 0.25) is 0 Å². The summed E-state index contributed by atoms with van der Waals surface area (Å²) in [5.41, 5.74) is 0. The van der Waals surface area contributed by atoms with Crippen LogP contribution in [0.15, 0.2) is 0 Å². The molecule has 2 heteroatoms. The van der Waals surface area contributed by atoms with E-state index in [1.165, 1.54) is 50.8 Å². The van der Waals surface area contributed by atoms with E-state index >= 15 is 0 Å². The van der Waals surface area contributed by atoms with Crippen LogP contribution in [0.1, 0.15) is 59.3 Å². The van der Waals surface area contributed by atoms with Gasteiger partial charge in [-0.15, -0.1) is 0 Å². The second-order valence-corrected chi connectivity index (χ2v) is 6.57. The molecule has 0 aromatic carbocycles. The molecule has 1 rings (SSSR count). The van der Waals surface area contributed by atoms with Crippen LogP contribution in [0.25, 0.3) is 0 Å². The predicted molar refractivity (Wildman–Crippen MR) is 76.3 cm³/mol. The maximum atomic E-state index is 3.67. The van der Waals surface area contributed by atoms with Crippen LogP contribution in [0.4, 0.5) is 0 Å². The molecule has 0 bridgehead atoms. The highest BCUT2D eigenvalue weighted by molar-refractivity contribution is 7.99. The molecule has 0 spiro atoms. The van der Waals surface area contributed by atoms with Crippen LogP contribution < -0.4 is 5.32 Å². The summed E-state index contributed by atoms with van der Waals surface area (Å²) in [7, 11) is 0.